The van der Waals surface area contributed by atoms with Gasteiger partial charge in [-0.05, 0) is 49.6 Å². The van der Waals surface area contributed by atoms with E-state index in [1.54, 1.807) is 19.2 Å². The second-order valence-corrected chi connectivity index (χ2v) is 10.4. The van der Waals surface area contributed by atoms with Crippen molar-refractivity contribution < 1.29 is 22.7 Å². The highest BCUT2D eigenvalue weighted by molar-refractivity contribution is 5.80. The second-order valence-electron chi connectivity index (χ2n) is 10.4. The Morgan fingerprint density at radius 2 is 1.91 bits per heavy atom. The normalized spacial score (nSPS) is 21.4. The number of oxazole rings is 1. The minimum Gasteiger partial charge on any atom is -0.471 e. The first-order valence-electron chi connectivity index (χ1n) is 12.9. The monoisotopic (exact) mass is 489 g/mol. The Kier molecular flexibility index (Phi) is 8.52. The van der Waals surface area contributed by atoms with Crippen molar-refractivity contribution >= 4 is 5.78 Å². The van der Waals surface area contributed by atoms with Crippen LogP contribution in [0.4, 0.5) is 8.78 Å². The topological polar surface area (TPSA) is 68.5 Å². The summed E-state index contributed by atoms with van der Waals surface area (Å²) in [4.78, 5) is 23.5. The summed E-state index contributed by atoms with van der Waals surface area (Å²) in [6.45, 7) is 4.98. The Morgan fingerprint density at radius 3 is 2.63 bits per heavy atom. The predicted octanol–water partition coefficient (Wildman–Crippen LogP) is 5.21. The molecule has 0 radical (unpaired) electrons. The van der Waals surface area contributed by atoms with Gasteiger partial charge in [0.05, 0.1) is 12.6 Å². The van der Waals surface area contributed by atoms with E-state index in [0.717, 1.165) is 63.9 Å². The van der Waals surface area contributed by atoms with Gasteiger partial charge in [-0.3, -0.25) is 4.79 Å². The van der Waals surface area contributed by atoms with Crippen LogP contribution in [0.5, 0.6) is 5.88 Å². The Labute approximate surface area is 206 Å². The number of hydrogen-bond acceptors (Lipinski definition) is 6. The number of aromatic nitrogens is 2. The highest BCUT2D eigenvalue weighted by atomic mass is 19.3. The smallest absolute Gasteiger partial charge is 0.278 e. The van der Waals surface area contributed by atoms with Gasteiger partial charge in [-0.1, -0.05) is 18.9 Å². The molecule has 1 saturated carbocycles. The molecule has 0 bridgehead atoms. The highest BCUT2D eigenvalue weighted by Crippen LogP contribution is 2.33. The van der Waals surface area contributed by atoms with Crippen molar-refractivity contribution in [2.75, 3.05) is 26.2 Å². The van der Waals surface area contributed by atoms with Gasteiger partial charge < -0.3 is 14.1 Å². The molecular formula is C27H37F2N3O3. The van der Waals surface area contributed by atoms with Gasteiger partial charge >= 0.3 is 0 Å². The number of rotatable bonds is 10. The summed E-state index contributed by atoms with van der Waals surface area (Å²) < 4.78 is 36.8. The largest absolute Gasteiger partial charge is 0.471 e. The quantitative estimate of drug-likeness (QED) is 0.456. The predicted molar refractivity (Wildman–Crippen MR) is 129 cm³/mol. The van der Waals surface area contributed by atoms with Crippen molar-refractivity contribution in [3.63, 3.8) is 0 Å². The number of carbonyl (C=O) groups is 1. The van der Waals surface area contributed by atoms with Crippen molar-refractivity contribution in [2.45, 2.75) is 77.6 Å². The van der Waals surface area contributed by atoms with Crippen LogP contribution in [0.1, 0.15) is 68.4 Å². The molecule has 2 aromatic heterocycles. The van der Waals surface area contributed by atoms with Crippen LogP contribution in [0.25, 0.3) is 0 Å². The molecule has 192 valence electrons. The van der Waals surface area contributed by atoms with E-state index in [4.69, 9.17) is 9.15 Å². The third-order valence-electron chi connectivity index (χ3n) is 7.26. The van der Waals surface area contributed by atoms with Crippen LogP contribution >= 0.6 is 0 Å². The Hall–Kier alpha value is -2.35. The summed E-state index contributed by atoms with van der Waals surface area (Å²) in [7, 11) is 0. The van der Waals surface area contributed by atoms with Crippen molar-refractivity contribution in [2.24, 2.45) is 11.8 Å². The molecule has 4 rings (SSSR count). The number of nitrogens with zero attached hydrogens (tertiary/aromatic N) is 3. The molecule has 0 amide bonds. The summed E-state index contributed by atoms with van der Waals surface area (Å²) in [5.41, 5.74) is 2.16. The van der Waals surface area contributed by atoms with Crippen LogP contribution in [-0.2, 0) is 24.1 Å². The first kappa shape index (κ1) is 25.7. The van der Waals surface area contributed by atoms with Gasteiger partial charge in [-0.25, -0.2) is 18.7 Å². The number of ketones is 1. The van der Waals surface area contributed by atoms with Gasteiger partial charge in [0.1, 0.15) is 11.5 Å². The van der Waals surface area contributed by atoms with Crippen molar-refractivity contribution in [1.82, 2.24) is 14.9 Å². The van der Waals surface area contributed by atoms with E-state index in [9.17, 15) is 13.6 Å². The minimum absolute atomic E-state index is 0.249. The van der Waals surface area contributed by atoms with Gasteiger partial charge in [0.2, 0.25) is 5.88 Å². The second kappa shape index (κ2) is 11.6. The van der Waals surface area contributed by atoms with E-state index in [1.807, 2.05) is 6.07 Å². The molecular weight excluding hydrogens is 452 g/mol. The summed E-state index contributed by atoms with van der Waals surface area (Å²) in [5, 5.41) is 0. The molecule has 1 aliphatic heterocycles. The van der Waals surface area contributed by atoms with E-state index in [0.29, 0.717) is 30.4 Å². The molecule has 0 saturated heterocycles. The zero-order chi connectivity index (χ0) is 24.8. The maximum absolute atomic E-state index is 13.1. The lowest BCUT2D eigenvalue weighted by atomic mass is 9.78. The van der Waals surface area contributed by atoms with E-state index in [1.165, 1.54) is 24.8 Å². The van der Waals surface area contributed by atoms with Gasteiger partial charge in [0.15, 0.2) is 12.5 Å². The molecule has 0 unspecified atom stereocenters. The van der Waals surface area contributed by atoms with Crippen LogP contribution in [0, 0.1) is 18.8 Å². The Bertz CT molecular complexity index is 980. The van der Waals surface area contributed by atoms with E-state index < -0.39 is 12.5 Å². The van der Waals surface area contributed by atoms with Crippen molar-refractivity contribution in [3.8, 4) is 5.88 Å². The molecule has 0 N–H and O–H groups in total. The number of aryl methyl sites for hydroxylation is 1. The van der Waals surface area contributed by atoms with Crippen LogP contribution < -0.4 is 4.74 Å². The van der Waals surface area contributed by atoms with Crippen LogP contribution in [-0.4, -0.2) is 52.8 Å². The zero-order valence-electron chi connectivity index (χ0n) is 20.9. The maximum Gasteiger partial charge on any atom is 0.278 e. The van der Waals surface area contributed by atoms with Crippen LogP contribution in [0.3, 0.4) is 0 Å². The van der Waals surface area contributed by atoms with Gasteiger partial charge in [0, 0.05) is 51.5 Å². The molecule has 0 spiro atoms. The maximum atomic E-state index is 13.1. The zero-order valence-corrected chi connectivity index (χ0v) is 20.9. The van der Waals surface area contributed by atoms with Gasteiger partial charge in [-0.15, -0.1) is 0 Å². The number of halogens is 2. The van der Waals surface area contributed by atoms with Crippen LogP contribution in [0.15, 0.2) is 22.7 Å². The summed E-state index contributed by atoms with van der Waals surface area (Å²) in [6, 6.07) is 3.68. The Morgan fingerprint density at radius 1 is 1.17 bits per heavy atom. The number of carbonyl (C=O) groups excluding carboxylic acids is 1. The minimum atomic E-state index is -2.86. The number of ether oxygens (including phenoxy) is 1. The summed E-state index contributed by atoms with van der Waals surface area (Å²) >= 11 is 0. The first-order valence-corrected chi connectivity index (χ1v) is 12.9. The average Bonchev–Trinajstić information content (AvgIpc) is 3.10. The molecule has 2 aromatic rings. The third kappa shape index (κ3) is 8.09. The van der Waals surface area contributed by atoms with Crippen LogP contribution in [0.2, 0.25) is 0 Å². The SMILES string of the molecule is Cc1ncc(CC(=O)CC2CCC(CCN3CCc4ccc(OCC(C)(F)F)nc4CC3)CC2)o1. The fourth-order valence-corrected chi connectivity index (χ4v) is 5.28. The lowest BCUT2D eigenvalue weighted by Crippen LogP contribution is -2.29. The molecule has 0 aromatic carbocycles. The summed E-state index contributed by atoms with van der Waals surface area (Å²) in [5.74, 6) is 0.155. The molecule has 1 aliphatic carbocycles. The fourth-order valence-electron chi connectivity index (χ4n) is 5.28. The molecule has 1 fully saturated rings. The standard InChI is InChI=1S/C27H37F2N3O3/c1-19-30-17-24(35-19)16-23(33)15-21-5-3-20(4-6-21)9-12-32-13-10-22-7-8-26(31-25(22)11-14-32)34-18-27(2,28)29/h7-8,17,20-21H,3-6,9-16,18H2,1-2H3. The third-order valence-corrected chi connectivity index (χ3v) is 7.26. The number of Topliss-reactive ketones (excluding diaryl/α,β-unsaturated/α-hetero) is 1. The van der Waals surface area contributed by atoms with Gasteiger partial charge in [-0.2, -0.15) is 0 Å². The van der Waals surface area contributed by atoms with Gasteiger partial charge in [0.25, 0.3) is 5.92 Å². The molecule has 3 heterocycles. The number of pyridine rings is 1. The molecule has 35 heavy (non-hydrogen) atoms. The lowest BCUT2D eigenvalue weighted by molar-refractivity contribution is -0.119. The van der Waals surface area contributed by atoms with Crippen molar-refractivity contribution in [3.05, 3.63) is 41.2 Å². The fraction of sp³-hybridized carbons (Fsp3) is 0.667. The lowest BCUT2D eigenvalue weighted by Gasteiger charge is -2.30. The van der Waals surface area contributed by atoms with E-state index >= 15 is 0 Å². The van der Waals surface area contributed by atoms with E-state index in [2.05, 4.69) is 14.9 Å². The van der Waals surface area contributed by atoms with Crippen molar-refractivity contribution in [1.29, 1.82) is 0 Å². The molecule has 0 atom stereocenters. The number of fused-ring (bicyclic) bond motifs is 1. The average molecular weight is 490 g/mol. The van der Waals surface area contributed by atoms with E-state index in [-0.39, 0.29) is 11.7 Å². The number of hydrogen-bond donors (Lipinski definition) is 0. The summed E-state index contributed by atoms with van der Waals surface area (Å²) in [6.07, 6.45) is 10.2. The molecule has 2 aliphatic rings. The molecule has 6 nitrogen and oxygen atoms in total. The number of alkyl halides is 2. The highest BCUT2D eigenvalue weighted by Gasteiger charge is 2.25. The molecule has 8 heteroatoms. The first-order chi connectivity index (χ1) is 16.7. The Balaban J connectivity index is 1.16.